The maximum absolute atomic E-state index is 12.6. The predicted octanol–water partition coefficient (Wildman–Crippen LogP) is 1.82. The van der Waals surface area contributed by atoms with Crippen LogP contribution in [0.25, 0.3) is 0 Å². The number of carbonyl (C=O) groups is 2. The zero-order valence-corrected chi connectivity index (χ0v) is 12.8. The van der Waals surface area contributed by atoms with Crippen molar-refractivity contribution in [3.8, 4) is 0 Å². The van der Waals surface area contributed by atoms with Gasteiger partial charge in [-0.1, -0.05) is 35.5 Å². The Morgan fingerprint density at radius 1 is 1.21 bits per heavy atom. The molecular formula is C16H15N5O3. The Morgan fingerprint density at radius 3 is 2.62 bits per heavy atom. The lowest BCUT2D eigenvalue weighted by molar-refractivity contribution is -0.118. The number of anilines is 1. The third-order valence-electron chi connectivity index (χ3n) is 3.29. The molecule has 3 rings (SSSR count). The van der Waals surface area contributed by atoms with E-state index >= 15 is 0 Å². The maximum Gasteiger partial charge on any atom is 0.274 e. The standard InChI is InChI=1S/C16H15N5O3/c1-10-9-12(21-24-10)15(22)19-14(11-5-3-2-4-6-11)16(23)18-13-7-8-17-20-13/h2-9,14H,1H3,(H,19,22)(H2,17,18,20,23)/t14-/m1/s1. The van der Waals surface area contributed by atoms with Gasteiger partial charge in [-0.05, 0) is 12.5 Å². The van der Waals surface area contributed by atoms with Crippen molar-refractivity contribution in [1.82, 2.24) is 20.7 Å². The highest BCUT2D eigenvalue weighted by Crippen LogP contribution is 2.16. The number of hydrogen-bond donors (Lipinski definition) is 3. The van der Waals surface area contributed by atoms with Crippen LogP contribution in [0.15, 0.2) is 53.2 Å². The molecule has 3 N–H and O–H groups in total. The number of aryl methyl sites for hydroxylation is 1. The number of benzene rings is 1. The highest BCUT2D eigenvalue weighted by Gasteiger charge is 2.25. The molecule has 2 heterocycles. The summed E-state index contributed by atoms with van der Waals surface area (Å²) in [5, 5.41) is 15.4. The van der Waals surface area contributed by atoms with Gasteiger partial charge in [0.05, 0.1) is 6.20 Å². The molecule has 0 aliphatic heterocycles. The van der Waals surface area contributed by atoms with Crippen molar-refractivity contribution in [2.45, 2.75) is 13.0 Å². The molecule has 0 saturated heterocycles. The van der Waals surface area contributed by atoms with Crippen LogP contribution in [-0.4, -0.2) is 27.2 Å². The minimum atomic E-state index is -0.890. The molecule has 2 aromatic heterocycles. The number of aromatic nitrogens is 3. The van der Waals surface area contributed by atoms with E-state index in [1.165, 1.54) is 12.3 Å². The van der Waals surface area contributed by atoms with Crippen molar-refractivity contribution >= 4 is 17.6 Å². The Hall–Kier alpha value is -3.42. The number of nitrogens with zero attached hydrogens (tertiary/aromatic N) is 2. The monoisotopic (exact) mass is 325 g/mol. The summed E-state index contributed by atoms with van der Waals surface area (Å²) < 4.78 is 4.89. The molecule has 8 heteroatoms. The van der Waals surface area contributed by atoms with Gasteiger partial charge in [0.25, 0.3) is 11.8 Å². The molecule has 0 unspecified atom stereocenters. The Kier molecular flexibility index (Phi) is 4.37. The largest absolute Gasteiger partial charge is 0.361 e. The molecule has 0 spiro atoms. The van der Waals surface area contributed by atoms with E-state index in [-0.39, 0.29) is 5.69 Å². The summed E-state index contributed by atoms with van der Waals surface area (Å²) in [7, 11) is 0. The van der Waals surface area contributed by atoms with Crippen LogP contribution in [0.2, 0.25) is 0 Å². The van der Waals surface area contributed by atoms with Gasteiger partial charge in [-0.2, -0.15) is 5.10 Å². The number of aromatic amines is 1. The van der Waals surface area contributed by atoms with Crippen LogP contribution in [0.3, 0.4) is 0 Å². The van der Waals surface area contributed by atoms with E-state index in [1.54, 1.807) is 37.3 Å². The van der Waals surface area contributed by atoms with Crippen LogP contribution in [0, 0.1) is 6.92 Å². The van der Waals surface area contributed by atoms with Crippen LogP contribution in [0.4, 0.5) is 5.82 Å². The zero-order valence-electron chi connectivity index (χ0n) is 12.8. The first kappa shape index (κ1) is 15.5. The first-order chi connectivity index (χ1) is 11.6. The Morgan fingerprint density at radius 2 is 2.00 bits per heavy atom. The number of H-pyrrole nitrogens is 1. The minimum Gasteiger partial charge on any atom is -0.361 e. The van der Waals surface area contributed by atoms with Crippen LogP contribution in [0.1, 0.15) is 27.9 Å². The molecule has 122 valence electrons. The fourth-order valence-corrected chi connectivity index (χ4v) is 2.15. The summed E-state index contributed by atoms with van der Waals surface area (Å²) in [6, 6.07) is 11.1. The average Bonchev–Trinajstić information content (AvgIpc) is 3.24. The minimum absolute atomic E-state index is 0.114. The first-order valence-electron chi connectivity index (χ1n) is 7.23. The smallest absolute Gasteiger partial charge is 0.274 e. The molecule has 0 saturated carbocycles. The first-order valence-corrected chi connectivity index (χ1v) is 7.23. The SMILES string of the molecule is Cc1cc(C(=O)N[C@@H](C(=O)Nc2ccn[nH]2)c2ccccc2)no1. The zero-order chi connectivity index (χ0) is 16.9. The van der Waals surface area contributed by atoms with Crippen molar-refractivity contribution < 1.29 is 14.1 Å². The van der Waals surface area contributed by atoms with Crippen molar-refractivity contribution in [3.05, 3.63) is 65.7 Å². The summed E-state index contributed by atoms with van der Waals surface area (Å²) in [5.41, 5.74) is 0.755. The van der Waals surface area contributed by atoms with Gasteiger partial charge in [-0.15, -0.1) is 0 Å². The van der Waals surface area contributed by atoms with Crippen LogP contribution in [0.5, 0.6) is 0 Å². The lowest BCUT2D eigenvalue weighted by atomic mass is 10.1. The van der Waals surface area contributed by atoms with E-state index in [0.717, 1.165) is 0 Å². The number of carbonyl (C=O) groups excluding carboxylic acids is 2. The normalized spacial score (nSPS) is 11.7. The van der Waals surface area contributed by atoms with Gasteiger partial charge >= 0.3 is 0 Å². The van der Waals surface area contributed by atoms with E-state index in [9.17, 15) is 9.59 Å². The van der Waals surface area contributed by atoms with Gasteiger partial charge in [0, 0.05) is 12.1 Å². The molecular weight excluding hydrogens is 310 g/mol. The lowest BCUT2D eigenvalue weighted by Crippen LogP contribution is -2.37. The summed E-state index contributed by atoms with van der Waals surface area (Å²) in [5.74, 6) is 0.0465. The molecule has 2 amide bonds. The van der Waals surface area contributed by atoms with Crippen LogP contribution < -0.4 is 10.6 Å². The van der Waals surface area contributed by atoms with E-state index in [1.807, 2.05) is 6.07 Å². The third-order valence-corrected chi connectivity index (χ3v) is 3.29. The molecule has 1 aromatic carbocycles. The van der Waals surface area contributed by atoms with Crippen LogP contribution >= 0.6 is 0 Å². The molecule has 0 fully saturated rings. The van der Waals surface area contributed by atoms with Gasteiger partial charge in [-0.3, -0.25) is 14.7 Å². The fourth-order valence-electron chi connectivity index (χ4n) is 2.15. The van der Waals surface area contributed by atoms with Crippen molar-refractivity contribution in [2.24, 2.45) is 0 Å². The fraction of sp³-hybridized carbons (Fsp3) is 0.125. The summed E-state index contributed by atoms with van der Waals surface area (Å²) >= 11 is 0. The lowest BCUT2D eigenvalue weighted by Gasteiger charge is -2.17. The van der Waals surface area contributed by atoms with Crippen molar-refractivity contribution in [2.75, 3.05) is 5.32 Å². The average molecular weight is 325 g/mol. The van der Waals surface area contributed by atoms with E-state index in [2.05, 4.69) is 26.0 Å². The molecule has 8 nitrogen and oxygen atoms in total. The predicted molar refractivity (Wildman–Crippen MR) is 85.1 cm³/mol. The topological polar surface area (TPSA) is 113 Å². The Balaban J connectivity index is 1.82. The molecule has 0 bridgehead atoms. The Bertz CT molecular complexity index is 827. The second-order valence-electron chi connectivity index (χ2n) is 5.10. The van der Waals surface area contributed by atoms with Crippen molar-refractivity contribution in [3.63, 3.8) is 0 Å². The number of hydrogen-bond acceptors (Lipinski definition) is 5. The molecule has 0 aliphatic rings. The van der Waals surface area contributed by atoms with E-state index in [4.69, 9.17) is 4.52 Å². The van der Waals surface area contributed by atoms with Gasteiger partial charge in [0.2, 0.25) is 0 Å². The molecule has 0 aliphatic carbocycles. The molecule has 0 radical (unpaired) electrons. The van der Waals surface area contributed by atoms with Crippen molar-refractivity contribution in [1.29, 1.82) is 0 Å². The molecule has 24 heavy (non-hydrogen) atoms. The van der Waals surface area contributed by atoms with Gasteiger partial charge in [-0.25, -0.2) is 0 Å². The second-order valence-corrected chi connectivity index (χ2v) is 5.10. The summed E-state index contributed by atoms with van der Waals surface area (Å²) in [6.45, 7) is 1.68. The van der Waals surface area contributed by atoms with E-state index < -0.39 is 17.9 Å². The highest BCUT2D eigenvalue weighted by atomic mass is 16.5. The quantitative estimate of drug-likeness (QED) is 0.662. The van der Waals surface area contributed by atoms with Gasteiger partial charge in [0.15, 0.2) is 5.69 Å². The van der Waals surface area contributed by atoms with Crippen LogP contribution in [-0.2, 0) is 4.79 Å². The number of amides is 2. The second kappa shape index (κ2) is 6.78. The summed E-state index contributed by atoms with van der Waals surface area (Å²) in [4.78, 5) is 24.9. The molecule has 3 aromatic rings. The highest BCUT2D eigenvalue weighted by molar-refractivity contribution is 6.00. The maximum atomic E-state index is 12.6. The van der Waals surface area contributed by atoms with Gasteiger partial charge in [0.1, 0.15) is 17.6 Å². The summed E-state index contributed by atoms with van der Waals surface area (Å²) in [6.07, 6.45) is 1.52. The Labute approximate surface area is 137 Å². The van der Waals surface area contributed by atoms with Gasteiger partial charge < -0.3 is 15.2 Å². The van der Waals surface area contributed by atoms with E-state index in [0.29, 0.717) is 17.1 Å². The third kappa shape index (κ3) is 3.49. The number of nitrogens with one attached hydrogen (secondary N) is 3. The molecule has 1 atom stereocenters. The number of rotatable bonds is 5.